The Morgan fingerprint density at radius 1 is 1.22 bits per heavy atom. The number of piperidine rings is 1. The standard InChI is InChI=1S/C17H21N5O/c1-12-4-7-18-11-14(12)17(23)21-9-5-13(6-10-21)16-20-19-15-3-2-8-22(15)16/h4,7,11,13H,2-3,5-6,8-10H2,1H3. The normalized spacial score (nSPS) is 18.2. The molecule has 1 saturated heterocycles. The lowest BCUT2D eigenvalue weighted by Crippen LogP contribution is -2.38. The van der Waals surface area contributed by atoms with Crippen LogP contribution in [0.3, 0.4) is 0 Å². The zero-order valence-electron chi connectivity index (χ0n) is 13.4. The van der Waals surface area contributed by atoms with E-state index in [0.717, 1.165) is 56.1 Å². The molecule has 1 fully saturated rings. The van der Waals surface area contributed by atoms with Crippen LogP contribution in [-0.4, -0.2) is 43.6 Å². The molecule has 0 bridgehead atoms. The number of carbonyl (C=O) groups is 1. The highest BCUT2D eigenvalue weighted by atomic mass is 16.2. The Hall–Kier alpha value is -2.24. The minimum atomic E-state index is 0.0977. The summed E-state index contributed by atoms with van der Waals surface area (Å²) in [5.41, 5.74) is 1.71. The topological polar surface area (TPSA) is 63.9 Å². The number of fused-ring (bicyclic) bond motifs is 1. The molecule has 2 aromatic rings. The summed E-state index contributed by atoms with van der Waals surface area (Å²) in [7, 11) is 0. The number of aryl methyl sites for hydroxylation is 2. The molecule has 2 aliphatic rings. The van der Waals surface area contributed by atoms with Gasteiger partial charge in [-0.25, -0.2) is 0 Å². The van der Waals surface area contributed by atoms with Crippen molar-refractivity contribution < 1.29 is 4.79 Å². The first-order valence-electron chi connectivity index (χ1n) is 8.36. The van der Waals surface area contributed by atoms with Gasteiger partial charge in [-0.05, 0) is 37.8 Å². The van der Waals surface area contributed by atoms with Crippen molar-refractivity contribution >= 4 is 5.91 Å². The highest BCUT2D eigenvalue weighted by Gasteiger charge is 2.29. The number of aromatic nitrogens is 4. The fourth-order valence-electron chi connectivity index (χ4n) is 3.67. The van der Waals surface area contributed by atoms with Gasteiger partial charge >= 0.3 is 0 Å². The van der Waals surface area contributed by atoms with Crippen LogP contribution in [-0.2, 0) is 13.0 Å². The molecule has 120 valence electrons. The summed E-state index contributed by atoms with van der Waals surface area (Å²) < 4.78 is 2.29. The van der Waals surface area contributed by atoms with E-state index in [1.807, 2.05) is 17.9 Å². The van der Waals surface area contributed by atoms with Gasteiger partial charge in [0.2, 0.25) is 0 Å². The lowest BCUT2D eigenvalue weighted by atomic mass is 9.95. The SMILES string of the molecule is Cc1ccncc1C(=O)N1CCC(c2nnc3n2CCC3)CC1. The Morgan fingerprint density at radius 3 is 2.83 bits per heavy atom. The Morgan fingerprint density at radius 2 is 2.04 bits per heavy atom. The second kappa shape index (κ2) is 5.76. The van der Waals surface area contributed by atoms with Gasteiger partial charge < -0.3 is 9.47 Å². The first-order valence-corrected chi connectivity index (χ1v) is 8.36. The fourth-order valence-corrected chi connectivity index (χ4v) is 3.67. The smallest absolute Gasteiger partial charge is 0.255 e. The van der Waals surface area contributed by atoms with E-state index in [-0.39, 0.29) is 5.91 Å². The summed E-state index contributed by atoms with van der Waals surface area (Å²) in [6.07, 6.45) is 7.55. The fraction of sp³-hybridized carbons (Fsp3) is 0.529. The van der Waals surface area contributed by atoms with Crippen molar-refractivity contribution in [3.63, 3.8) is 0 Å². The van der Waals surface area contributed by atoms with E-state index in [4.69, 9.17) is 0 Å². The molecular weight excluding hydrogens is 290 g/mol. The molecule has 2 aromatic heterocycles. The third-order valence-electron chi connectivity index (χ3n) is 5.05. The maximum absolute atomic E-state index is 12.7. The molecule has 23 heavy (non-hydrogen) atoms. The monoisotopic (exact) mass is 311 g/mol. The molecule has 0 spiro atoms. The molecule has 0 unspecified atom stereocenters. The summed E-state index contributed by atoms with van der Waals surface area (Å²) in [4.78, 5) is 18.7. The van der Waals surface area contributed by atoms with E-state index in [1.165, 1.54) is 6.42 Å². The Bertz CT molecular complexity index is 730. The van der Waals surface area contributed by atoms with Gasteiger partial charge in [0.05, 0.1) is 5.56 Å². The molecule has 0 radical (unpaired) electrons. The van der Waals surface area contributed by atoms with Gasteiger partial charge in [0.1, 0.15) is 11.6 Å². The highest BCUT2D eigenvalue weighted by Crippen LogP contribution is 2.30. The van der Waals surface area contributed by atoms with Crippen LogP contribution < -0.4 is 0 Å². The zero-order valence-corrected chi connectivity index (χ0v) is 13.4. The highest BCUT2D eigenvalue weighted by molar-refractivity contribution is 5.95. The number of amides is 1. The van der Waals surface area contributed by atoms with Gasteiger partial charge in [-0.15, -0.1) is 10.2 Å². The third kappa shape index (κ3) is 2.52. The average Bonchev–Trinajstić information content (AvgIpc) is 3.18. The van der Waals surface area contributed by atoms with Crippen LogP contribution in [0.4, 0.5) is 0 Å². The van der Waals surface area contributed by atoms with Gasteiger partial charge in [-0.1, -0.05) is 0 Å². The summed E-state index contributed by atoms with van der Waals surface area (Å²) >= 11 is 0. The number of hydrogen-bond acceptors (Lipinski definition) is 4. The molecule has 6 heteroatoms. The number of carbonyl (C=O) groups excluding carboxylic acids is 1. The maximum atomic E-state index is 12.7. The van der Waals surface area contributed by atoms with E-state index in [1.54, 1.807) is 12.4 Å². The van der Waals surface area contributed by atoms with Crippen LogP contribution in [0.1, 0.15) is 52.8 Å². The van der Waals surface area contributed by atoms with Crippen molar-refractivity contribution in [2.75, 3.05) is 13.1 Å². The molecule has 0 saturated carbocycles. The van der Waals surface area contributed by atoms with Crippen molar-refractivity contribution in [1.82, 2.24) is 24.6 Å². The molecule has 0 atom stereocenters. The molecule has 0 N–H and O–H groups in total. The number of pyridine rings is 1. The van der Waals surface area contributed by atoms with Crippen molar-refractivity contribution in [1.29, 1.82) is 0 Å². The van der Waals surface area contributed by atoms with Gasteiger partial charge in [-0.3, -0.25) is 9.78 Å². The predicted octanol–water partition coefficient (Wildman–Crippen LogP) is 1.95. The molecule has 4 rings (SSSR count). The van der Waals surface area contributed by atoms with Gasteiger partial charge in [-0.2, -0.15) is 0 Å². The maximum Gasteiger partial charge on any atom is 0.255 e. The van der Waals surface area contributed by atoms with E-state index >= 15 is 0 Å². The minimum Gasteiger partial charge on any atom is -0.339 e. The van der Waals surface area contributed by atoms with Crippen LogP contribution in [0, 0.1) is 6.92 Å². The lowest BCUT2D eigenvalue weighted by Gasteiger charge is -2.31. The van der Waals surface area contributed by atoms with Crippen LogP contribution in [0.2, 0.25) is 0 Å². The lowest BCUT2D eigenvalue weighted by molar-refractivity contribution is 0.0709. The molecule has 6 nitrogen and oxygen atoms in total. The van der Waals surface area contributed by atoms with E-state index in [2.05, 4.69) is 19.7 Å². The summed E-state index contributed by atoms with van der Waals surface area (Å²) in [6.45, 7) is 4.56. The largest absolute Gasteiger partial charge is 0.339 e. The molecule has 4 heterocycles. The van der Waals surface area contributed by atoms with E-state index in [9.17, 15) is 4.79 Å². The Labute approximate surface area is 135 Å². The number of likely N-dealkylation sites (tertiary alicyclic amines) is 1. The molecule has 0 aliphatic carbocycles. The number of rotatable bonds is 2. The second-order valence-electron chi connectivity index (χ2n) is 6.49. The van der Waals surface area contributed by atoms with Gasteiger partial charge in [0.25, 0.3) is 5.91 Å². The van der Waals surface area contributed by atoms with Crippen molar-refractivity contribution in [3.05, 3.63) is 41.2 Å². The van der Waals surface area contributed by atoms with Crippen LogP contribution >= 0.6 is 0 Å². The quantitative estimate of drug-likeness (QED) is 0.850. The van der Waals surface area contributed by atoms with E-state index in [0.29, 0.717) is 11.5 Å². The van der Waals surface area contributed by atoms with Crippen LogP contribution in [0.5, 0.6) is 0 Å². The molecule has 2 aliphatic heterocycles. The molecular formula is C17H21N5O. The second-order valence-corrected chi connectivity index (χ2v) is 6.49. The number of nitrogens with zero attached hydrogens (tertiary/aromatic N) is 5. The first-order chi connectivity index (χ1) is 11.2. The Kier molecular flexibility index (Phi) is 3.59. The summed E-state index contributed by atoms with van der Waals surface area (Å²) in [5, 5.41) is 8.71. The zero-order chi connectivity index (χ0) is 15.8. The van der Waals surface area contributed by atoms with E-state index < -0.39 is 0 Å². The summed E-state index contributed by atoms with van der Waals surface area (Å²) in [5.74, 6) is 2.78. The molecule has 1 amide bonds. The van der Waals surface area contributed by atoms with Crippen LogP contribution in [0.25, 0.3) is 0 Å². The summed E-state index contributed by atoms with van der Waals surface area (Å²) in [6, 6.07) is 1.89. The molecule has 0 aromatic carbocycles. The minimum absolute atomic E-state index is 0.0977. The van der Waals surface area contributed by atoms with Crippen molar-refractivity contribution in [3.8, 4) is 0 Å². The average molecular weight is 311 g/mol. The van der Waals surface area contributed by atoms with Gasteiger partial charge in [0, 0.05) is 44.4 Å². The van der Waals surface area contributed by atoms with Crippen LogP contribution in [0.15, 0.2) is 18.5 Å². The van der Waals surface area contributed by atoms with Gasteiger partial charge in [0.15, 0.2) is 0 Å². The van der Waals surface area contributed by atoms with Crippen molar-refractivity contribution in [2.24, 2.45) is 0 Å². The first kappa shape index (κ1) is 14.4. The number of hydrogen-bond donors (Lipinski definition) is 0. The third-order valence-corrected chi connectivity index (χ3v) is 5.05. The van der Waals surface area contributed by atoms with Crippen molar-refractivity contribution in [2.45, 2.75) is 45.1 Å². The Balaban J connectivity index is 1.45. The predicted molar refractivity (Wildman–Crippen MR) is 85.2 cm³/mol.